The van der Waals surface area contributed by atoms with Crippen LogP contribution < -0.4 is 4.90 Å². The molecule has 0 bridgehead atoms. The number of rotatable bonds is 3. The average Bonchev–Trinajstić information content (AvgIpc) is 2.91. The standard InChI is InChI=1S/C13H18ClN5O3S/c1-9-8-22-7-6-18(9)11-10-4-5-19(23(20,21)17(2)3)12(10)16-13(14)15-11/h4-5,9H,6-8H2,1-3H3/t9-/m1/s1. The largest absolute Gasteiger partial charge is 0.377 e. The molecule has 0 aliphatic carbocycles. The second-order valence-corrected chi connectivity index (χ2v) is 7.93. The number of halogens is 1. The fourth-order valence-electron chi connectivity index (χ4n) is 2.57. The Bertz CT molecular complexity index is 835. The number of nitrogens with zero attached hydrogens (tertiary/aromatic N) is 5. The van der Waals surface area contributed by atoms with Crippen LogP contribution in [0.3, 0.4) is 0 Å². The third-order valence-electron chi connectivity index (χ3n) is 3.81. The van der Waals surface area contributed by atoms with Gasteiger partial charge in [-0.25, -0.2) is 3.97 Å². The van der Waals surface area contributed by atoms with Crippen molar-refractivity contribution in [3.8, 4) is 0 Å². The summed E-state index contributed by atoms with van der Waals surface area (Å²) in [6.45, 7) is 3.85. The zero-order valence-corrected chi connectivity index (χ0v) is 14.7. The molecule has 10 heteroatoms. The Hall–Kier alpha value is -1.42. The molecule has 0 amide bonds. The zero-order chi connectivity index (χ0) is 16.8. The highest BCUT2D eigenvalue weighted by Crippen LogP contribution is 2.29. The Morgan fingerprint density at radius 1 is 1.39 bits per heavy atom. The molecule has 3 rings (SSSR count). The molecule has 1 saturated heterocycles. The first-order chi connectivity index (χ1) is 10.8. The summed E-state index contributed by atoms with van der Waals surface area (Å²) >= 11 is 6.05. The summed E-state index contributed by atoms with van der Waals surface area (Å²) in [5.41, 5.74) is 0.271. The number of anilines is 1. The molecule has 2 aromatic rings. The molecule has 1 aliphatic rings. The normalized spacial score (nSPS) is 19.7. The van der Waals surface area contributed by atoms with Crippen molar-refractivity contribution in [2.24, 2.45) is 0 Å². The van der Waals surface area contributed by atoms with Crippen LogP contribution in [0.1, 0.15) is 6.92 Å². The van der Waals surface area contributed by atoms with Crippen LogP contribution in [0.4, 0.5) is 5.82 Å². The van der Waals surface area contributed by atoms with Gasteiger partial charge in [0.1, 0.15) is 5.82 Å². The van der Waals surface area contributed by atoms with E-state index in [9.17, 15) is 8.42 Å². The molecule has 126 valence electrons. The molecule has 8 nitrogen and oxygen atoms in total. The Labute approximate surface area is 139 Å². The smallest absolute Gasteiger partial charge is 0.308 e. The third kappa shape index (κ3) is 2.78. The van der Waals surface area contributed by atoms with Crippen molar-refractivity contribution in [2.75, 3.05) is 38.8 Å². The van der Waals surface area contributed by atoms with Gasteiger partial charge in [-0.2, -0.15) is 22.7 Å². The van der Waals surface area contributed by atoms with Crippen molar-refractivity contribution in [3.05, 3.63) is 17.5 Å². The van der Waals surface area contributed by atoms with Crippen LogP contribution in [0.5, 0.6) is 0 Å². The van der Waals surface area contributed by atoms with E-state index >= 15 is 0 Å². The van der Waals surface area contributed by atoms with Crippen molar-refractivity contribution in [1.29, 1.82) is 0 Å². The number of aromatic nitrogens is 3. The maximum atomic E-state index is 12.4. The fourth-order valence-corrected chi connectivity index (χ4v) is 3.66. The van der Waals surface area contributed by atoms with Crippen LogP contribution >= 0.6 is 11.6 Å². The molecule has 0 N–H and O–H groups in total. The molecule has 23 heavy (non-hydrogen) atoms. The molecule has 2 aromatic heterocycles. The number of morpholine rings is 1. The Morgan fingerprint density at radius 2 is 2.13 bits per heavy atom. The highest BCUT2D eigenvalue weighted by Gasteiger charge is 2.26. The van der Waals surface area contributed by atoms with E-state index < -0.39 is 10.2 Å². The minimum Gasteiger partial charge on any atom is -0.377 e. The van der Waals surface area contributed by atoms with Gasteiger partial charge in [0.25, 0.3) is 0 Å². The maximum absolute atomic E-state index is 12.4. The van der Waals surface area contributed by atoms with E-state index in [1.54, 1.807) is 6.07 Å². The first-order valence-corrected chi connectivity index (χ1v) is 8.92. The van der Waals surface area contributed by atoms with Crippen LogP contribution in [-0.4, -0.2) is 66.6 Å². The van der Waals surface area contributed by atoms with E-state index in [1.165, 1.54) is 20.3 Å². The molecule has 1 fully saturated rings. The van der Waals surface area contributed by atoms with Gasteiger partial charge in [0, 0.05) is 26.8 Å². The van der Waals surface area contributed by atoms with Gasteiger partial charge in [0.2, 0.25) is 5.28 Å². The van der Waals surface area contributed by atoms with E-state index in [2.05, 4.69) is 14.9 Å². The molecular weight excluding hydrogens is 342 g/mol. The van der Waals surface area contributed by atoms with Crippen LogP contribution in [0.2, 0.25) is 5.28 Å². The van der Waals surface area contributed by atoms with Gasteiger partial charge in [0.05, 0.1) is 24.6 Å². The molecular formula is C13H18ClN5O3S. The van der Waals surface area contributed by atoms with E-state index in [1.807, 2.05) is 6.92 Å². The SMILES string of the molecule is C[C@@H]1COCCN1c1nc(Cl)nc2c1ccn2S(=O)(=O)N(C)C. The van der Waals surface area contributed by atoms with Crippen LogP contribution in [-0.2, 0) is 14.9 Å². The highest BCUT2D eigenvalue weighted by atomic mass is 35.5. The number of hydrogen-bond donors (Lipinski definition) is 0. The Kier molecular flexibility index (Phi) is 4.21. The second kappa shape index (κ2) is 5.90. The monoisotopic (exact) mass is 359 g/mol. The fraction of sp³-hybridized carbons (Fsp3) is 0.538. The van der Waals surface area contributed by atoms with Crippen molar-refractivity contribution in [1.82, 2.24) is 18.2 Å². The summed E-state index contributed by atoms with van der Waals surface area (Å²) < 4.78 is 32.5. The molecule has 0 saturated carbocycles. The molecule has 1 atom stereocenters. The minimum absolute atomic E-state index is 0.0140. The Morgan fingerprint density at radius 3 is 2.78 bits per heavy atom. The van der Waals surface area contributed by atoms with Crippen LogP contribution in [0.15, 0.2) is 12.3 Å². The number of hydrogen-bond acceptors (Lipinski definition) is 6. The van der Waals surface area contributed by atoms with E-state index in [0.29, 0.717) is 31.0 Å². The summed E-state index contributed by atoms with van der Waals surface area (Å²) in [5, 5.41) is 0.661. The molecule has 1 aliphatic heterocycles. The van der Waals surface area contributed by atoms with E-state index in [4.69, 9.17) is 16.3 Å². The summed E-state index contributed by atoms with van der Waals surface area (Å²) in [6, 6.07) is 1.82. The Balaban J connectivity index is 2.20. The molecule has 0 spiro atoms. The number of ether oxygens (including phenoxy) is 1. The topological polar surface area (TPSA) is 80.6 Å². The van der Waals surface area contributed by atoms with Gasteiger partial charge >= 0.3 is 10.2 Å². The zero-order valence-electron chi connectivity index (χ0n) is 13.1. The van der Waals surface area contributed by atoms with Crippen LogP contribution in [0, 0.1) is 0 Å². The highest BCUT2D eigenvalue weighted by molar-refractivity contribution is 7.87. The molecule has 3 heterocycles. The van der Waals surface area contributed by atoms with Gasteiger partial charge in [-0.15, -0.1) is 0 Å². The van der Waals surface area contributed by atoms with Gasteiger partial charge in [-0.3, -0.25) is 0 Å². The predicted octanol–water partition coefficient (Wildman–Crippen LogP) is 0.964. The summed E-state index contributed by atoms with van der Waals surface area (Å²) in [6.07, 6.45) is 1.47. The quantitative estimate of drug-likeness (QED) is 0.759. The van der Waals surface area contributed by atoms with Crippen molar-refractivity contribution in [3.63, 3.8) is 0 Å². The van der Waals surface area contributed by atoms with Gasteiger partial charge in [-0.05, 0) is 24.6 Å². The molecule has 0 radical (unpaired) electrons. The minimum atomic E-state index is -3.68. The summed E-state index contributed by atoms with van der Waals surface area (Å²) in [5.74, 6) is 0.628. The lowest BCUT2D eigenvalue weighted by molar-refractivity contribution is 0.0987. The van der Waals surface area contributed by atoms with E-state index in [0.717, 1.165) is 8.28 Å². The van der Waals surface area contributed by atoms with Gasteiger partial charge < -0.3 is 9.64 Å². The van der Waals surface area contributed by atoms with Gasteiger partial charge in [0.15, 0.2) is 5.65 Å². The lowest BCUT2D eigenvalue weighted by Crippen LogP contribution is -2.44. The first-order valence-electron chi connectivity index (χ1n) is 7.14. The summed E-state index contributed by atoms with van der Waals surface area (Å²) in [7, 11) is -0.746. The lowest BCUT2D eigenvalue weighted by atomic mass is 10.2. The summed E-state index contributed by atoms with van der Waals surface area (Å²) in [4.78, 5) is 10.5. The van der Waals surface area contributed by atoms with E-state index in [-0.39, 0.29) is 17.0 Å². The molecule has 0 unspecified atom stereocenters. The molecule has 0 aromatic carbocycles. The van der Waals surface area contributed by atoms with Crippen LogP contribution in [0.25, 0.3) is 11.0 Å². The maximum Gasteiger partial charge on any atom is 0.308 e. The van der Waals surface area contributed by atoms with Crippen molar-refractivity contribution < 1.29 is 13.2 Å². The number of fused-ring (bicyclic) bond motifs is 1. The van der Waals surface area contributed by atoms with Crippen molar-refractivity contribution >= 4 is 38.7 Å². The lowest BCUT2D eigenvalue weighted by Gasteiger charge is -2.34. The third-order valence-corrected chi connectivity index (χ3v) is 5.70. The second-order valence-electron chi connectivity index (χ2n) is 5.57. The predicted molar refractivity (Wildman–Crippen MR) is 88.2 cm³/mol. The van der Waals surface area contributed by atoms with Crippen molar-refractivity contribution in [2.45, 2.75) is 13.0 Å². The van der Waals surface area contributed by atoms with Gasteiger partial charge in [-0.1, -0.05) is 0 Å². The average molecular weight is 360 g/mol. The first kappa shape index (κ1) is 16.4.